The Kier molecular flexibility index (Phi) is 3.68. The average molecular weight is 211 g/mol. The molecule has 2 heteroatoms. The molecule has 0 aromatic heterocycles. The molecule has 0 bridgehead atoms. The summed E-state index contributed by atoms with van der Waals surface area (Å²) in [5.74, 6) is 0.840. The molecule has 1 saturated carbocycles. The van der Waals surface area contributed by atoms with Crippen LogP contribution in [-0.2, 0) is 4.74 Å². The van der Waals surface area contributed by atoms with E-state index >= 15 is 0 Å². The van der Waals surface area contributed by atoms with Crippen molar-refractivity contribution in [3.8, 4) is 0 Å². The molecule has 2 fully saturated rings. The van der Waals surface area contributed by atoms with Crippen LogP contribution in [0.1, 0.15) is 46.0 Å². The molecule has 0 radical (unpaired) electrons. The van der Waals surface area contributed by atoms with Crippen LogP contribution in [0.25, 0.3) is 0 Å². The van der Waals surface area contributed by atoms with Crippen molar-refractivity contribution in [3.05, 3.63) is 0 Å². The van der Waals surface area contributed by atoms with Crippen LogP contribution in [0.2, 0.25) is 0 Å². The van der Waals surface area contributed by atoms with Crippen molar-refractivity contribution in [2.45, 2.75) is 52.1 Å². The van der Waals surface area contributed by atoms with Gasteiger partial charge in [-0.3, -0.25) is 0 Å². The molecule has 0 spiro atoms. The molecule has 1 aliphatic carbocycles. The van der Waals surface area contributed by atoms with Crippen LogP contribution in [0.5, 0.6) is 0 Å². The summed E-state index contributed by atoms with van der Waals surface area (Å²) < 4.78 is 5.61. The largest absolute Gasteiger partial charge is 0.378 e. The van der Waals surface area contributed by atoms with E-state index in [0.29, 0.717) is 11.5 Å². The van der Waals surface area contributed by atoms with E-state index in [1.54, 1.807) is 0 Å². The number of hydrogen-bond donors (Lipinski definition) is 1. The number of rotatable bonds is 6. The van der Waals surface area contributed by atoms with Crippen LogP contribution < -0.4 is 5.32 Å². The van der Waals surface area contributed by atoms with Crippen LogP contribution in [0.15, 0.2) is 0 Å². The van der Waals surface area contributed by atoms with Gasteiger partial charge < -0.3 is 10.1 Å². The molecular weight excluding hydrogens is 186 g/mol. The zero-order chi connectivity index (χ0) is 10.7. The molecular formula is C13H25NO. The predicted molar refractivity (Wildman–Crippen MR) is 63.0 cm³/mol. The lowest BCUT2D eigenvalue weighted by molar-refractivity contribution is 0.103. The Morgan fingerprint density at radius 1 is 1.40 bits per heavy atom. The molecule has 1 aliphatic heterocycles. The fourth-order valence-electron chi connectivity index (χ4n) is 2.59. The van der Waals surface area contributed by atoms with E-state index in [-0.39, 0.29) is 0 Å². The van der Waals surface area contributed by atoms with Gasteiger partial charge in [0.2, 0.25) is 0 Å². The average Bonchev–Trinajstić information content (AvgIpc) is 2.83. The first-order valence-corrected chi connectivity index (χ1v) is 6.55. The van der Waals surface area contributed by atoms with Gasteiger partial charge in [0.15, 0.2) is 0 Å². The maximum atomic E-state index is 5.61. The molecule has 0 aromatic carbocycles. The second kappa shape index (κ2) is 4.84. The first-order chi connectivity index (χ1) is 7.23. The fourth-order valence-corrected chi connectivity index (χ4v) is 2.59. The second-order valence-electron chi connectivity index (χ2n) is 5.62. The van der Waals surface area contributed by atoms with Crippen molar-refractivity contribution >= 4 is 0 Å². The van der Waals surface area contributed by atoms with E-state index in [9.17, 15) is 0 Å². The summed E-state index contributed by atoms with van der Waals surface area (Å²) >= 11 is 0. The molecule has 15 heavy (non-hydrogen) atoms. The molecule has 2 rings (SSSR count). The van der Waals surface area contributed by atoms with Gasteiger partial charge >= 0.3 is 0 Å². The summed E-state index contributed by atoms with van der Waals surface area (Å²) in [5.41, 5.74) is 0.649. The summed E-state index contributed by atoms with van der Waals surface area (Å²) in [6.07, 6.45) is 7.15. The molecule has 2 aliphatic rings. The van der Waals surface area contributed by atoms with Gasteiger partial charge in [0, 0.05) is 13.2 Å². The first kappa shape index (κ1) is 11.4. The summed E-state index contributed by atoms with van der Waals surface area (Å²) in [7, 11) is 0. The van der Waals surface area contributed by atoms with Crippen LogP contribution in [-0.4, -0.2) is 25.8 Å². The zero-order valence-corrected chi connectivity index (χ0v) is 10.2. The molecule has 1 unspecified atom stereocenters. The van der Waals surface area contributed by atoms with E-state index in [2.05, 4.69) is 19.2 Å². The summed E-state index contributed by atoms with van der Waals surface area (Å²) in [5, 5.41) is 3.62. The first-order valence-electron chi connectivity index (χ1n) is 6.55. The minimum atomic E-state index is 0.548. The van der Waals surface area contributed by atoms with E-state index in [1.807, 2.05) is 0 Å². The molecule has 1 heterocycles. The van der Waals surface area contributed by atoms with Crippen molar-refractivity contribution in [1.29, 1.82) is 0 Å². The number of nitrogens with one attached hydrogen (secondary N) is 1. The summed E-state index contributed by atoms with van der Waals surface area (Å²) in [4.78, 5) is 0. The van der Waals surface area contributed by atoms with Gasteiger partial charge in [0.25, 0.3) is 0 Å². The third-order valence-electron chi connectivity index (χ3n) is 4.26. The lowest BCUT2D eigenvalue weighted by atomic mass is 9.92. The van der Waals surface area contributed by atoms with Crippen molar-refractivity contribution in [2.24, 2.45) is 11.3 Å². The highest BCUT2D eigenvalue weighted by Gasteiger charge is 2.44. The zero-order valence-electron chi connectivity index (χ0n) is 10.2. The Morgan fingerprint density at radius 3 is 2.73 bits per heavy atom. The monoisotopic (exact) mass is 211 g/mol. The van der Waals surface area contributed by atoms with Gasteiger partial charge in [-0.25, -0.2) is 0 Å². The molecule has 1 saturated heterocycles. The molecule has 2 nitrogen and oxygen atoms in total. The van der Waals surface area contributed by atoms with Gasteiger partial charge in [-0.15, -0.1) is 0 Å². The minimum Gasteiger partial charge on any atom is -0.378 e. The molecule has 1 atom stereocenters. The highest BCUT2D eigenvalue weighted by molar-refractivity contribution is 4.97. The van der Waals surface area contributed by atoms with Crippen molar-refractivity contribution in [3.63, 3.8) is 0 Å². The van der Waals surface area contributed by atoms with E-state index in [4.69, 9.17) is 4.74 Å². The molecule has 0 aromatic rings. The predicted octanol–water partition coefficient (Wildman–Crippen LogP) is 2.58. The second-order valence-corrected chi connectivity index (χ2v) is 5.62. The Hall–Kier alpha value is -0.0800. The highest BCUT2D eigenvalue weighted by Crippen LogP contribution is 2.51. The van der Waals surface area contributed by atoms with Gasteiger partial charge in [-0.05, 0) is 50.0 Å². The number of hydrogen-bond acceptors (Lipinski definition) is 2. The van der Waals surface area contributed by atoms with Crippen LogP contribution in [0.3, 0.4) is 0 Å². The third-order valence-corrected chi connectivity index (χ3v) is 4.26. The van der Waals surface area contributed by atoms with Crippen molar-refractivity contribution in [2.75, 3.05) is 19.7 Å². The minimum absolute atomic E-state index is 0.548. The SMILES string of the molecule is CC(C)C1(CNCCC2CCCO2)CC1. The summed E-state index contributed by atoms with van der Waals surface area (Å²) in [6.45, 7) is 8.06. The topological polar surface area (TPSA) is 21.3 Å². The molecule has 0 amide bonds. The standard InChI is InChI=1S/C13H25NO/c1-11(2)13(6-7-13)10-14-8-5-12-4-3-9-15-12/h11-12,14H,3-10H2,1-2H3. The lowest BCUT2D eigenvalue weighted by Crippen LogP contribution is -2.29. The van der Waals surface area contributed by atoms with Gasteiger partial charge in [-0.1, -0.05) is 13.8 Å². The van der Waals surface area contributed by atoms with E-state index < -0.39 is 0 Å². The van der Waals surface area contributed by atoms with Crippen molar-refractivity contribution < 1.29 is 4.74 Å². The quantitative estimate of drug-likeness (QED) is 0.682. The third kappa shape index (κ3) is 2.94. The highest BCUT2D eigenvalue weighted by atomic mass is 16.5. The van der Waals surface area contributed by atoms with E-state index in [0.717, 1.165) is 19.1 Å². The Morgan fingerprint density at radius 2 is 2.20 bits per heavy atom. The smallest absolute Gasteiger partial charge is 0.0588 e. The Labute approximate surface area is 93.8 Å². The van der Waals surface area contributed by atoms with Crippen LogP contribution in [0, 0.1) is 11.3 Å². The fraction of sp³-hybridized carbons (Fsp3) is 1.00. The van der Waals surface area contributed by atoms with Gasteiger partial charge in [-0.2, -0.15) is 0 Å². The van der Waals surface area contributed by atoms with Gasteiger partial charge in [0.1, 0.15) is 0 Å². The Balaban J connectivity index is 1.55. The molecule has 88 valence electrons. The molecule has 1 N–H and O–H groups in total. The number of ether oxygens (including phenoxy) is 1. The van der Waals surface area contributed by atoms with Crippen LogP contribution in [0.4, 0.5) is 0 Å². The van der Waals surface area contributed by atoms with Crippen molar-refractivity contribution in [1.82, 2.24) is 5.32 Å². The summed E-state index contributed by atoms with van der Waals surface area (Å²) in [6, 6.07) is 0. The van der Waals surface area contributed by atoms with Crippen LogP contribution >= 0.6 is 0 Å². The lowest BCUT2D eigenvalue weighted by Gasteiger charge is -2.20. The van der Waals surface area contributed by atoms with E-state index in [1.165, 1.54) is 38.6 Å². The van der Waals surface area contributed by atoms with Gasteiger partial charge in [0.05, 0.1) is 6.10 Å². The maximum absolute atomic E-state index is 5.61. The Bertz CT molecular complexity index is 193. The maximum Gasteiger partial charge on any atom is 0.0588 e. The normalized spacial score (nSPS) is 28.6.